The van der Waals surface area contributed by atoms with Crippen LogP contribution in [0, 0.1) is 6.92 Å². The van der Waals surface area contributed by atoms with Crippen molar-refractivity contribution in [2.75, 3.05) is 18.5 Å². The molecule has 0 radical (unpaired) electrons. The molecule has 1 fully saturated rings. The Hall–Kier alpha value is -1.29. The third kappa shape index (κ3) is 3.06. The monoisotopic (exact) mass is 277 g/mol. The molecule has 1 unspecified atom stereocenters. The molecule has 0 amide bonds. The van der Waals surface area contributed by atoms with Crippen LogP contribution in [-0.2, 0) is 4.74 Å². The molecule has 2 heterocycles. The second-order valence-electron chi connectivity index (χ2n) is 5.67. The zero-order chi connectivity index (χ0) is 14.6. The lowest BCUT2D eigenvalue weighted by Crippen LogP contribution is -2.39. The van der Waals surface area contributed by atoms with E-state index in [1.807, 2.05) is 13.0 Å². The summed E-state index contributed by atoms with van der Waals surface area (Å²) in [6, 6.07) is 0.470. The highest BCUT2D eigenvalue weighted by molar-refractivity contribution is 5.30. The van der Waals surface area contributed by atoms with Gasteiger partial charge in [-0.2, -0.15) is 0 Å². The van der Waals surface area contributed by atoms with Gasteiger partial charge in [0.1, 0.15) is 0 Å². The van der Waals surface area contributed by atoms with Crippen molar-refractivity contribution in [1.82, 2.24) is 9.55 Å². The molecule has 4 heteroatoms. The van der Waals surface area contributed by atoms with Gasteiger partial charge in [-0.3, -0.25) is 0 Å². The van der Waals surface area contributed by atoms with Crippen molar-refractivity contribution in [3.8, 4) is 0 Å². The van der Waals surface area contributed by atoms with Gasteiger partial charge in [-0.15, -0.1) is 6.58 Å². The lowest BCUT2D eigenvalue weighted by Gasteiger charge is -2.40. The Morgan fingerprint density at radius 2 is 2.30 bits per heavy atom. The standard InChI is InChI=1S/C16H27N3O/c1-5-9-17-15-18-13(4)12-19(15)14-8-10-20-16(6-2,7-3)11-14/h5,12,14H,1,6-11H2,2-4H3,(H,17,18). The van der Waals surface area contributed by atoms with Crippen LogP contribution in [0.3, 0.4) is 0 Å². The van der Waals surface area contributed by atoms with Crippen molar-refractivity contribution in [2.45, 2.75) is 58.1 Å². The van der Waals surface area contributed by atoms with E-state index in [1.54, 1.807) is 0 Å². The third-order valence-electron chi connectivity index (χ3n) is 4.41. The first-order chi connectivity index (χ1) is 9.64. The molecule has 0 aromatic carbocycles. The van der Waals surface area contributed by atoms with Gasteiger partial charge in [0, 0.05) is 25.4 Å². The summed E-state index contributed by atoms with van der Waals surface area (Å²) in [5, 5.41) is 3.34. The van der Waals surface area contributed by atoms with Crippen LogP contribution in [0.5, 0.6) is 0 Å². The molecule has 2 rings (SSSR count). The van der Waals surface area contributed by atoms with E-state index >= 15 is 0 Å². The van der Waals surface area contributed by atoms with Gasteiger partial charge in [0.25, 0.3) is 0 Å². The molecular formula is C16H27N3O. The molecule has 20 heavy (non-hydrogen) atoms. The predicted molar refractivity (Wildman–Crippen MR) is 83.2 cm³/mol. The van der Waals surface area contributed by atoms with Crippen molar-refractivity contribution in [1.29, 1.82) is 0 Å². The number of ether oxygens (including phenoxy) is 1. The predicted octanol–water partition coefficient (Wildman–Crippen LogP) is 3.70. The Balaban J connectivity index is 2.20. The van der Waals surface area contributed by atoms with Gasteiger partial charge in [0.15, 0.2) is 0 Å². The normalized spacial score (nSPS) is 21.6. The maximum absolute atomic E-state index is 6.07. The molecule has 1 aliphatic rings. The topological polar surface area (TPSA) is 39.1 Å². The Morgan fingerprint density at radius 3 is 2.95 bits per heavy atom. The van der Waals surface area contributed by atoms with Crippen molar-refractivity contribution in [2.24, 2.45) is 0 Å². The van der Waals surface area contributed by atoms with E-state index in [-0.39, 0.29) is 5.60 Å². The highest BCUT2D eigenvalue weighted by Crippen LogP contribution is 2.38. The molecule has 1 atom stereocenters. The lowest BCUT2D eigenvalue weighted by molar-refractivity contribution is -0.0984. The molecular weight excluding hydrogens is 250 g/mol. The van der Waals surface area contributed by atoms with Gasteiger partial charge in [0.2, 0.25) is 5.95 Å². The maximum Gasteiger partial charge on any atom is 0.203 e. The summed E-state index contributed by atoms with van der Waals surface area (Å²) in [6.07, 6.45) is 8.28. The van der Waals surface area contributed by atoms with Crippen molar-refractivity contribution >= 4 is 5.95 Å². The van der Waals surface area contributed by atoms with Gasteiger partial charge in [-0.1, -0.05) is 19.9 Å². The highest BCUT2D eigenvalue weighted by atomic mass is 16.5. The molecule has 112 valence electrons. The van der Waals surface area contributed by atoms with Crippen LogP contribution in [-0.4, -0.2) is 28.3 Å². The summed E-state index contributed by atoms with van der Waals surface area (Å²) in [5.74, 6) is 0.954. The van der Waals surface area contributed by atoms with E-state index in [4.69, 9.17) is 4.74 Å². The number of anilines is 1. The minimum absolute atomic E-state index is 0.0385. The molecule has 1 saturated heterocycles. The van der Waals surface area contributed by atoms with E-state index in [9.17, 15) is 0 Å². The summed E-state index contributed by atoms with van der Waals surface area (Å²) >= 11 is 0. The van der Waals surface area contributed by atoms with Gasteiger partial charge < -0.3 is 14.6 Å². The summed E-state index contributed by atoms with van der Waals surface area (Å²) in [6.45, 7) is 11.8. The average Bonchev–Trinajstić information content (AvgIpc) is 2.86. The SMILES string of the molecule is C=CCNc1nc(C)cn1C1CCOC(CC)(CC)C1. The number of nitrogens with one attached hydrogen (secondary N) is 1. The highest BCUT2D eigenvalue weighted by Gasteiger charge is 2.35. The van der Waals surface area contributed by atoms with Crippen LogP contribution in [0.25, 0.3) is 0 Å². The zero-order valence-corrected chi connectivity index (χ0v) is 13.0. The smallest absolute Gasteiger partial charge is 0.203 e. The summed E-state index contributed by atoms with van der Waals surface area (Å²) in [7, 11) is 0. The average molecular weight is 277 g/mol. The fourth-order valence-corrected chi connectivity index (χ4v) is 3.07. The molecule has 1 aliphatic heterocycles. The molecule has 0 bridgehead atoms. The third-order valence-corrected chi connectivity index (χ3v) is 4.41. The fourth-order valence-electron chi connectivity index (χ4n) is 3.07. The van der Waals surface area contributed by atoms with E-state index in [2.05, 4.69) is 41.5 Å². The molecule has 1 aromatic heterocycles. The number of rotatable bonds is 6. The fraction of sp³-hybridized carbons (Fsp3) is 0.688. The Morgan fingerprint density at radius 1 is 1.55 bits per heavy atom. The van der Waals surface area contributed by atoms with Crippen molar-refractivity contribution in [3.05, 3.63) is 24.5 Å². The van der Waals surface area contributed by atoms with Gasteiger partial charge in [0.05, 0.1) is 11.3 Å². The van der Waals surface area contributed by atoms with Crippen LogP contribution in [0.4, 0.5) is 5.95 Å². The summed E-state index contributed by atoms with van der Waals surface area (Å²) in [4.78, 5) is 4.59. The Kier molecular flexibility index (Phi) is 4.86. The van der Waals surface area contributed by atoms with Crippen LogP contribution in [0.15, 0.2) is 18.9 Å². The van der Waals surface area contributed by atoms with Crippen LogP contribution >= 0.6 is 0 Å². The van der Waals surface area contributed by atoms with E-state index in [0.717, 1.165) is 50.5 Å². The summed E-state index contributed by atoms with van der Waals surface area (Å²) in [5.41, 5.74) is 1.10. The minimum atomic E-state index is 0.0385. The van der Waals surface area contributed by atoms with Gasteiger partial charge >= 0.3 is 0 Å². The lowest BCUT2D eigenvalue weighted by atomic mass is 9.86. The Bertz CT molecular complexity index is 449. The van der Waals surface area contributed by atoms with Crippen LogP contribution in [0.1, 0.15) is 51.3 Å². The number of imidazole rings is 1. The first kappa shape index (κ1) is 15.1. The maximum atomic E-state index is 6.07. The molecule has 4 nitrogen and oxygen atoms in total. The molecule has 0 spiro atoms. The second-order valence-corrected chi connectivity index (χ2v) is 5.67. The number of nitrogens with zero attached hydrogens (tertiary/aromatic N) is 2. The van der Waals surface area contributed by atoms with Gasteiger partial charge in [-0.25, -0.2) is 4.98 Å². The van der Waals surface area contributed by atoms with Crippen molar-refractivity contribution < 1.29 is 4.74 Å². The minimum Gasteiger partial charge on any atom is -0.375 e. The number of hydrogen-bond acceptors (Lipinski definition) is 3. The van der Waals surface area contributed by atoms with E-state index < -0.39 is 0 Å². The van der Waals surface area contributed by atoms with Gasteiger partial charge in [-0.05, 0) is 32.6 Å². The number of aromatic nitrogens is 2. The quantitative estimate of drug-likeness (QED) is 0.806. The van der Waals surface area contributed by atoms with E-state index in [1.165, 1.54) is 0 Å². The summed E-state index contributed by atoms with van der Waals surface area (Å²) < 4.78 is 8.37. The first-order valence-electron chi connectivity index (χ1n) is 7.68. The first-order valence-corrected chi connectivity index (χ1v) is 7.68. The van der Waals surface area contributed by atoms with Crippen LogP contribution < -0.4 is 5.32 Å². The number of hydrogen-bond donors (Lipinski definition) is 1. The van der Waals surface area contributed by atoms with Crippen molar-refractivity contribution in [3.63, 3.8) is 0 Å². The second kappa shape index (κ2) is 6.44. The molecule has 1 N–H and O–H groups in total. The number of aryl methyl sites for hydroxylation is 1. The van der Waals surface area contributed by atoms with Crippen LogP contribution in [0.2, 0.25) is 0 Å². The zero-order valence-electron chi connectivity index (χ0n) is 13.0. The molecule has 0 saturated carbocycles. The largest absolute Gasteiger partial charge is 0.375 e. The van der Waals surface area contributed by atoms with E-state index in [0.29, 0.717) is 6.04 Å². The molecule has 0 aliphatic carbocycles. The molecule has 1 aromatic rings. The Labute approximate surface area is 122 Å².